The van der Waals surface area contributed by atoms with Gasteiger partial charge in [-0.15, -0.1) is 5.10 Å². The fraction of sp³-hybridized carbons (Fsp3) is 0.400. The molecule has 3 rings (SSSR count). The molecule has 0 saturated heterocycles. The number of hydrogen-bond donors (Lipinski definition) is 1. The molecule has 0 atom stereocenters. The Morgan fingerprint density at radius 3 is 2.91 bits per heavy atom. The fourth-order valence-corrected chi connectivity index (χ4v) is 2.75. The average Bonchev–Trinajstić information content (AvgIpc) is 2.97. The van der Waals surface area contributed by atoms with Gasteiger partial charge < -0.3 is 4.74 Å². The summed E-state index contributed by atoms with van der Waals surface area (Å²) in [5.74, 6) is -0.733. The first kappa shape index (κ1) is 15.9. The maximum Gasteiger partial charge on any atom is 0.326 e. The first-order valence-electron chi connectivity index (χ1n) is 7.24. The number of hydrogen-bond acceptors (Lipinski definition) is 5. The van der Waals surface area contributed by atoms with Crippen molar-refractivity contribution in [2.75, 3.05) is 7.11 Å². The number of halogens is 2. The summed E-state index contributed by atoms with van der Waals surface area (Å²) in [5.41, 5.74) is 0.666. The van der Waals surface area contributed by atoms with E-state index in [-0.39, 0.29) is 11.0 Å². The molecule has 2 aromatic rings. The number of nitrogens with zero attached hydrogens (tertiary/aromatic N) is 3. The van der Waals surface area contributed by atoms with Gasteiger partial charge in [-0.25, -0.2) is 9.07 Å². The summed E-state index contributed by atoms with van der Waals surface area (Å²) < 4.78 is 19.6. The summed E-state index contributed by atoms with van der Waals surface area (Å²) in [6, 6.07) is 4.32. The van der Waals surface area contributed by atoms with E-state index < -0.39 is 11.4 Å². The van der Waals surface area contributed by atoms with Crippen LogP contribution in [-0.4, -0.2) is 33.6 Å². The lowest BCUT2D eigenvalue weighted by molar-refractivity contribution is -0.152. The highest BCUT2D eigenvalue weighted by Gasteiger charge is 2.44. The van der Waals surface area contributed by atoms with Gasteiger partial charge in [0, 0.05) is 6.54 Å². The van der Waals surface area contributed by atoms with Gasteiger partial charge >= 0.3 is 5.97 Å². The zero-order chi connectivity index (χ0) is 16.4. The number of carbonyl (C=O) groups excluding carboxylic acids is 1. The molecule has 1 N–H and O–H groups in total. The molecule has 1 aromatic heterocycles. The van der Waals surface area contributed by atoms with Crippen molar-refractivity contribution in [1.82, 2.24) is 20.3 Å². The van der Waals surface area contributed by atoms with Crippen molar-refractivity contribution in [2.24, 2.45) is 0 Å². The Morgan fingerprint density at radius 2 is 2.30 bits per heavy atom. The largest absolute Gasteiger partial charge is 0.468 e. The van der Waals surface area contributed by atoms with Crippen LogP contribution < -0.4 is 5.32 Å². The third-order valence-electron chi connectivity index (χ3n) is 4.10. The number of methoxy groups -OCH3 is 1. The van der Waals surface area contributed by atoms with Crippen LogP contribution in [0, 0.1) is 5.82 Å². The second kappa shape index (κ2) is 6.25. The van der Waals surface area contributed by atoms with Crippen LogP contribution in [0.5, 0.6) is 0 Å². The van der Waals surface area contributed by atoms with Crippen molar-refractivity contribution in [2.45, 2.75) is 31.3 Å². The summed E-state index contributed by atoms with van der Waals surface area (Å²) in [6.07, 6.45) is 4.20. The molecule has 1 aliphatic carbocycles. The van der Waals surface area contributed by atoms with Crippen LogP contribution in [-0.2, 0) is 16.1 Å². The van der Waals surface area contributed by atoms with E-state index in [2.05, 4.69) is 15.6 Å². The van der Waals surface area contributed by atoms with Crippen LogP contribution in [0.2, 0.25) is 5.02 Å². The quantitative estimate of drug-likeness (QED) is 0.847. The van der Waals surface area contributed by atoms with Crippen molar-refractivity contribution in [3.05, 3.63) is 40.9 Å². The average molecular weight is 339 g/mol. The molecule has 1 aliphatic rings. The monoisotopic (exact) mass is 338 g/mol. The van der Waals surface area contributed by atoms with Gasteiger partial charge in [0.2, 0.25) is 0 Å². The Bertz CT molecular complexity index is 730. The lowest BCUT2D eigenvalue weighted by atomic mass is 9.76. The van der Waals surface area contributed by atoms with E-state index in [1.54, 1.807) is 12.3 Å². The van der Waals surface area contributed by atoms with E-state index in [0.717, 1.165) is 19.3 Å². The molecule has 0 radical (unpaired) electrons. The number of carbonyl (C=O) groups is 1. The molecule has 1 heterocycles. The maximum absolute atomic E-state index is 13.2. The number of benzene rings is 1. The minimum absolute atomic E-state index is 0.0248. The van der Waals surface area contributed by atoms with Crippen LogP contribution in [0.4, 0.5) is 4.39 Å². The molecule has 0 bridgehead atoms. The van der Waals surface area contributed by atoms with Crippen LogP contribution in [0.25, 0.3) is 5.69 Å². The number of rotatable bonds is 5. The maximum atomic E-state index is 13.2. The van der Waals surface area contributed by atoms with Crippen LogP contribution in [0.1, 0.15) is 25.0 Å². The Kier molecular flexibility index (Phi) is 4.32. The van der Waals surface area contributed by atoms with Crippen molar-refractivity contribution in [1.29, 1.82) is 0 Å². The zero-order valence-electron chi connectivity index (χ0n) is 12.6. The van der Waals surface area contributed by atoms with Gasteiger partial charge in [-0.2, -0.15) is 0 Å². The van der Waals surface area contributed by atoms with Crippen LogP contribution in [0.3, 0.4) is 0 Å². The smallest absolute Gasteiger partial charge is 0.326 e. The second-order valence-electron chi connectivity index (χ2n) is 5.53. The lowest BCUT2D eigenvalue weighted by Gasteiger charge is -2.39. The van der Waals surface area contributed by atoms with Crippen molar-refractivity contribution in [3.63, 3.8) is 0 Å². The minimum atomic E-state index is -0.613. The summed E-state index contributed by atoms with van der Waals surface area (Å²) >= 11 is 5.77. The van der Waals surface area contributed by atoms with Gasteiger partial charge in [0.1, 0.15) is 11.4 Å². The highest BCUT2D eigenvalue weighted by Crippen LogP contribution is 2.33. The zero-order valence-corrected chi connectivity index (χ0v) is 13.3. The Morgan fingerprint density at radius 1 is 1.52 bits per heavy atom. The first-order chi connectivity index (χ1) is 11.0. The summed E-state index contributed by atoms with van der Waals surface area (Å²) in [4.78, 5) is 11.9. The molecule has 0 spiro atoms. The van der Waals surface area contributed by atoms with Crippen molar-refractivity contribution in [3.8, 4) is 5.69 Å². The van der Waals surface area contributed by atoms with Gasteiger partial charge in [-0.1, -0.05) is 16.8 Å². The van der Waals surface area contributed by atoms with Gasteiger partial charge in [-0.05, 0) is 37.5 Å². The number of ether oxygens (including phenoxy) is 1. The molecule has 122 valence electrons. The molecule has 1 aromatic carbocycles. The Labute approximate surface area is 137 Å². The van der Waals surface area contributed by atoms with Crippen molar-refractivity contribution >= 4 is 17.6 Å². The van der Waals surface area contributed by atoms with E-state index in [4.69, 9.17) is 16.3 Å². The molecule has 1 fully saturated rings. The number of nitrogens with one attached hydrogen (secondary N) is 1. The van der Waals surface area contributed by atoms with E-state index in [1.807, 2.05) is 0 Å². The van der Waals surface area contributed by atoms with Gasteiger partial charge in [-0.3, -0.25) is 10.1 Å². The third-order valence-corrected chi connectivity index (χ3v) is 4.39. The summed E-state index contributed by atoms with van der Waals surface area (Å²) in [7, 11) is 1.39. The lowest BCUT2D eigenvalue weighted by Crippen LogP contribution is -2.57. The predicted octanol–water partition coefficient (Wildman–Crippen LogP) is 2.25. The topological polar surface area (TPSA) is 69.0 Å². The molecular formula is C15H16ClFN4O2. The predicted molar refractivity (Wildman–Crippen MR) is 81.8 cm³/mol. The van der Waals surface area contributed by atoms with Crippen LogP contribution >= 0.6 is 11.6 Å². The number of aromatic nitrogens is 3. The van der Waals surface area contributed by atoms with E-state index in [9.17, 15) is 9.18 Å². The number of esters is 1. The Hall–Kier alpha value is -1.99. The minimum Gasteiger partial charge on any atom is -0.468 e. The van der Waals surface area contributed by atoms with Gasteiger partial charge in [0.15, 0.2) is 0 Å². The molecule has 6 nitrogen and oxygen atoms in total. The molecule has 23 heavy (non-hydrogen) atoms. The molecule has 1 saturated carbocycles. The highest BCUT2D eigenvalue weighted by atomic mass is 35.5. The summed E-state index contributed by atoms with van der Waals surface area (Å²) in [6.45, 7) is 0.393. The molecule has 0 aliphatic heterocycles. The standard InChI is InChI=1S/C15H16ClFN4O2/c1-23-14(22)15(5-2-6-15)18-8-10-9-21(20-19-10)11-3-4-13(17)12(16)7-11/h3-4,7,9,18H,2,5-6,8H2,1H3. The third kappa shape index (κ3) is 3.07. The summed E-state index contributed by atoms with van der Waals surface area (Å²) in [5, 5.41) is 11.3. The van der Waals surface area contributed by atoms with E-state index in [1.165, 1.54) is 23.9 Å². The first-order valence-corrected chi connectivity index (χ1v) is 7.62. The molecule has 0 amide bonds. The molecular weight excluding hydrogens is 323 g/mol. The molecule has 8 heteroatoms. The second-order valence-corrected chi connectivity index (χ2v) is 5.94. The van der Waals surface area contributed by atoms with E-state index >= 15 is 0 Å². The SMILES string of the molecule is COC(=O)C1(NCc2cn(-c3ccc(F)c(Cl)c3)nn2)CCC1. The normalized spacial score (nSPS) is 16.0. The highest BCUT2D eigenvalue weighted by molar-refractivity contribution is 6.30. The van der Waals surface area contributed by atoms with Crippen molar-refractivity contribution < 1.29 is 13.9 Å². The van der Waals surface area contributed by atoms with Crippen LogP contribution in [0.15, 0.2) is 24.4 Å². The molecule has 0 unspecified atom stereocenters. The van der Waals surface area contributed by atoms with E-state index in [0.29, 0.717) is 17.9 Å². The Balaban J connectivity index is 1.70. The van der Waals surface area contributed by atoms with Gasteiger partial charge in [0.25, 0.3) is 0 Å². The van der Waals surface area contributed by atoms with Gasteiger partial charge in [0.05, 0.1) is 29.7 Å². The fourth-order valence-electron chi connectivity index (χ4n) is 2.57.